The van der Waals surface area contributed by atoms with E-state index in [1.54, 1.807) is 0 Å². The molecule has 2 atom stereocenters. The van der Waals surface area contributed by atoms with Crippen LogP contribution >= 0.6 is 15.9 Å². The summed E-state index contributed by atoms with van der Waals surface area (Å²) in [6, 6.07) is 6.46. The van der Waals surface area contributed by atoms with Gasteiger partial charge in [0.25, 0.3) is 0 Å². The Balaban J connectivity index is 2.72. The van der Waals surface area contributed by atoms with Crippen molar-refractivity contribution in [2.75, 3.05) is 0 Å². The smallest absolute Gasteiger partial charge is 0.133 e. The molecule has 0 aromatic heterocycles. The number of halogens is 1. The summed E-state index contributed by atoms with van der Waals surface area (Å²) in [5.74, 6) is 0.910. The maximum atomic E-state index is 5.95. The summed E-state index contributed by atoms with van der Waals surface area (Å²) in [5.41, 5.74) is 7.20. The van der Waals surface area contributed by atoms with Crippen molar-refractivity contribution in [2.45, 2.75) is 52.2 Å². The summed E-state index contributed by atoms with van der Waals surface area (Å²) in [6.45, 7) is 6.31. The van der Waals surface area contributed by atoms with Crippen LogP contribution in [0.5, 0.6) is 5.75 Å². The molecule has 1 aromatic carbocycles. The topological polar surface area (TPSA) is 35.2 Å². The van der Waals surface area contributed by atoms with E-state index in [1.807, 2.05) is 6.07 Å². The van der Waals surface area contributed by atoms with E-state index in [1.165, 1.54) is 5.56 Å². The number of hydrogen-bond acceptors (Lipinski definition) is 2. The standard InChI is InChI=1S/C14H22BrNO/c1-4-10(3)17-14-7-6-11(9-13(14)15)8-12(16)5-2/h6-7,9-10,12H,4-5,8,16H2,1-3H3. The quantitative estimate of drug-likeness (QED) is 0.864. The maximum absolute atomic E-state index is 5.95. The van der Waals surface area contributed by atoms with E-state index in [0.29, 0.717) is 0 Å². The molecule has 2 N–H and O–H groups in total. The highest BCUT2D eigenvalue weighted by Gasteiger charge is 2.08. The molecule has 0 radical (unpaired) electrons. The Labute approximate surface area is 113 Å². The third-order valence-electron chi connectivity index (χ3n) is 2.92. The van der Waals surface area contributed by atoms with Gasteiger partial charge in [-0.25, -0.2) is 0 Å². The predicted molar refractivity (Wildman–Crippen MR) is 76.5 cm³/mol. The van der Waals surface area contributed by atoms with Crippen molar-refractivity contribution >= 4 is 15.9 Å². The fourth-order valence-electron chi connectivity index (χ4n) is 1.51. The minimum absolute atomic E-state index is 0.239. The molecule has 0 aliphatic heterocycles. The van der Waals surface area contributed by atoms with Gasteiger partial charge in [0.2, 0.25) is 0 Å². The Morgan fingerprint density at radius 1 is 1.29 bits per heavy atom. The Morgan fingerprint density at radius 3 is 2.53 bits per heavy atom. The highest BCUT2D eigenvalue weighted by atomic mass is 79.9. The van der Waals surface area contributed by atoms with Gasteiger partial charge >= 0.3 is 0 Å². The van der Waals surface area contributed by atoms with Crippen LogP contribution in [0.1, 0.15) is 39.2 Å². The van der Waals surface area contributed by atoms with Crippen LogP contribution in [0.15, 0.2) is 22.7 Å². The molecule has 3 heteroatoms. The predicted octanol–water partition coefficient (Wildman–Crippen LogP) is 3.91. The second-order valence-corrected chi connectivity index (χ2v) is 5.33. The molecule has 0 aliphatic rings. The SMILES string of the molecule is CCC(N)Cc1ccc(OC(C)CC)c(Br)c1. The minimum atomic E-state index is 0.239. The number of nitrogens with two attached hydrogens (primary N) is 1. The fraction of sp³-hybridized carbons (Fsp3) is 0.571. The Hall–Kier alpha value is -0.540. The van der Waals surface area contributed by atoms with Crippen molar-refractivity contribution < 1.29 is 4.74 Å². The van der Waals surface area contributed by atoms with E-state index in [0.717, 1.165) is 29.5 Å². The van der Waals surface area contributed by atoms with Crippen LogP contribution in [-0.4, -0.2) is 12.1 Å². The zero-order chi connectivity index (χ0) is 12.8. The normalized spacial score (nSPS) is 14.4. The van der Waals surface area contributed by atoms with E-state index in [4.69, 9.17) is 10.5 Å². The third-order valence-corrected chi connectivity index (χ3v) is 3.54. The van der Waals surface area contributed by atoms with Gasteiger partial charge in [-0.1, -0.05) is 19.9 Å². The molecule has 0 saturated heterocycles. The summed E-state index contributed by atoms with van der Waals surface area (Å²) in [6.07, 6.45) is 3.17. The lowest BCUT2D eigenvalue weighted by atomic mass is 10.0. The number of hydrogen-bond donors (Lipinski definition) is 1. The van der Waals surface area contributed by atoms with Gasteiger partial charge < -0.3 is 10.5 Å². The molecular formula is C14H22BrNO. The zero-order valence-electron chi connectivity index (χ0n) is 10.9. The number of rotatable bonds is 6. The van der Waals surface area contributed by atoms with Gasteiger partial charge in [-0.05, 0) is 59.8 Å². The fourth-order valence-corrected chi connectivity index (χ4v) is 2.03. The molecule has 0 aliphatic carbocycles. The van der Waals surface area contributed by atoms with Crippen molar-refractivity contribution in [2.24, 2.45) is 5.73 Å². The molecule has 0 heterocycles. The van der Waals surface area contributed by atoms with Crippen molar-refractivity contribution in [1.29, 1.82) is 0 Å². The number of benzene rings is 1. The lowest BCUT2D eigenvalue weighted by Crippen LogP contribution is -2.21. The lowest BCUT2D eigenvalue weighted by Gasteiger charge is -2.15. The molecular weight excluding hydrogens is 278 g/mol. The van der Waals surface area contributed by atoms with Gasteiger partial charge in [0, 0.05) is 6.04 Å². The average Bonchev–Trinajstić information content (AvgIpc) is 2.32. The number of ether oxygens (including phenoxy) is 1. The first kappa shape index (κ1) is 14.5. The highest BCUT2D eigenvalue weighted by Crippen LogP contribution is 2.27. The van der Waals surface area contributed by atoms with Crippen LogP contribution in [-0.2, 0) is 6.42 Å². The molecule has 0 saturated carbocycles. The van der Waals surface area contributed by atoms with E-state index in [9.17, 15) is 0 Å². The first-order chi connectivity index (χ1) is 8.06. The maximum Gasteiger partial charge on any atom is 0.133 e. The average molecular weight is 300 g/mol. The lowest BCUT2D eigenvalue weighted by molar-refractivity contribution is 0.216. The van der Waals surface area contributed by atoms with Crippen LogP contribution in [0.4, 0.5) is 0 Å². The Bertz CT molecular complexity index is 354. The first-order valence-corrected chi connectivity index (χ1v) is 7.06. The first-order valence-electron chi connectivity index (χ1n) is 6.27. The van der Waals surface area contributed by atoms with Gasteiger partial charge in [0.05, 0.1) is 10.6 Å². The summed E-state index contributed by atoms with van der Waals surface area (Å²) >= 11 is 3.55. The molecule has 96 valence electrons. The van der Waals surface area contributed by atoms with Crippen molar-refractivity contribution in [1.82, 2.24) is 0 Å². The zero-order valence-corrected chi connectivity index (χ0v) is 12.5. The minimum Gasteiger partial charge on any atom is -0.490 e. The van der Waals surface area contributed by atoms with E-state index in [2.05, 4.69) is 48.8 Å². The van der Waals surface area contributed by atoms with E-state index >= 15 is 0 Å². The van der Waals surface area contributed by atoms with Gasteiger partial charge in [-0.3, -0.25) is 0 Å². The molecule has 0 spiro atoms. The highest BCUT2D eigenvalue weighted by molar-refractivity contribution is 9.10. The van der Waals surface area contributed by atoms with Crippen LogP contribution in [0, 0.1) is 0 Å². The van der Waals surface area contributed by atoms with Crippen LogP contribution in [0.3, 0.4) is 0 Å². The molecule has 0 bridgehead atoms. The summed E-state index contributed by atoms with van der Waals surface area (Å²) in [5, 5.41) is 0. The second kappa shape index (κ2) is 7.02. The summed E-state index contributed by atoms with van der Waals surface area (Å²) in [7, 11) is 0. The van der Waals surface area contributed by atoms with E-state index < -0.39 is 0 Å². The molecule has 0 fully saturated rings. The van der Waals surface area contributed by atoms with Gasteiger partial charge in [-0.2, -0.15) is 0 Å². The summed E-state index contributed by atoms with van der Waals surface area (Å²) in [4.78, 5) is 0. The Kier molecular flexibility index (Phi) is 6.00. The van der Waals surface area contributed by atoms with Gasteiger partial charge in [0.1, 0.15) is 5.75 Å². The van der Waals surface area contributed by atoms with Crippen LogP contribution < -0.4 is 10.5 Å². The van der Waals surface area contributed by atoms with Gasteiger partial charge in [-0.15, -0.1) is 0 Å². The molecule has 2 nitrogen and oxygen atoms in total. The molecule has 1 rings (SSSR count). The van der Waals surface area contributed by atoms with E-state index in [-0.39, 0.29) is 12.1 Å². The molecule has 1 aromatic rings. The van der Waals surface area contributed by atoms with Crippen LogP contribution in [0.2, 0.25) is 0 Å². The largest absolute Gasteiger partial charge is 0.490 e. The van der Waals surface area contributed by atoms with Gasteiger partial charge in [0.15, 0.2) is 0 Å². The third kappa shape index (κ3) is 4.68. The second-order valence-electron chi connectivity index (χ2n) is 4.47. The summed E-state index contributed by atoms with van der Waals surface area (Å²) < 4.78 is 6.82. The van der Waals surface area contributed by atoms with Crippen molar-refractivity contribution in [3.8, 4) is 5.75 Å². The molecule has 17 heavy (non-hydrogen) atoms. The van der Waals surface area contributed by atoms with Crippen molar-refractivity contribution in [3.05, 3.63) is 28.2 Å². The van der Waals surface area contributed by atoms with Crippen LogP contribution in [0.25, 0.3) is 0 Å². The molecule has 0 amide bonds. The Morgan fingerprint density at radius 2 is 2.00 bits per heavy atom. The monoisotopic (exact) mass is 299 g/mol. The van der Waals surface area contributed by atoms with Crippen molar-refractivity contribution in [3.63, 3.8) is 0 Å². The molecule has 2 unspecified atom stereocenters.